The summed E-state index contributed by atoms with van der Waals surface area (Å²) in [6.07, 6.45) is 3.67. The van der Waals surface area contributed by atoms with Gasteiger partial charge in [-0.3, -0.25) is 0 Å². The van der Waals surface area contributed by atoms with Gasteiger partial charge in [-0.2, -0.15) is 0 Å². The van der Waals surface area contributed by atoms with Crippen molar-refractivity contribution < 1.29 is 5.11 Å². The molecule has 0 radical (unpaired) electrons. The summed E-state index contributed by atoms with van der Waals surface area (Å²) in [6.45, 7) is 5.79. The van der Waals surface area contributed by atoms with E-state index in [4.69, 9.17) is 5.73 Å². The van der Waals surface area contributed by atoms with Gasteiger partial charge in [0.1, 0.15) is 0 Å². The average molecular weight is 188 g/mol. The molecule has 0 aromatic rings. The Kier molecular flexibility index (Phi) is 8.40. The van der Waals surface area contributed by atoms with E-state index in [0.29, 0.717) is 6.04 Å². The van der Waals surface area contributed by atoms with E-state index in [-0.39, 0.29) is 6.10 Å². The molecule has 0 aromatic heterocycles. The highest BCUT2D eigenvalue weighted by Gasteiger charge is 2.05. The minimum absolute atomic E-state index is 0.150. The maximum absolute atomic E-state index is 9.31. The third-order valence-corrected chi connectivity index (χ3v) is 2.39. The van der Waals surface area contributed by atoms with Crippen LogP contribution in [0.15, 0.2) is 0 Å². The molecule has 4 N–H and O–H groups in total. The minimum Gasteiger partial charge on any atom is -0.393 e. The van der Waals surface area contributed by atoms with E-state index >= 15 is 0 Å². The average Bonchev–Trinajstić information content (AvgIpc) is 2.16. The Balaban J connectivity index is 3.37. The number of nitrogens with one attached hydrogen (secondary N) is 1. The molecule has 80 valence electrons. The van der Waals surface area contributed by atoms with Crippen LogP contribution in [0.3, 0.4) is 0 Å². The second kappa shape index (κ2) is 8.48. The van der Waals surface area contributed by atoms with Crippen LogP contribution >= 0.6 is 0 Å². The summed E-state index contributed by atoms with van der Waals surface area (Å²) in [4.78, 5) is 0. The maximum atomic E-state index is 9.31. The third kappa shape index (κ3) is 6.99. The smallest absolute Gasteiger partial charge is 0.0549 e. The predicted octanol–water partition coefficient (Wildman–Crippen LogP) is 0.864. The van der Waals surface area contributed by atoms with E-state index in [2.05, 4.69) is 12.2 Å². The van der Waals surface area contributed by atoms with Crippen molar-refractivity contribution in [2.24, 2.45) is 5.73 Å². The Morgan fingerprint density at radius 3 is 2.38 bits per heavy atom. The van der Waals surface area contributed by atoms with Gasteiger partial charge >= 0.3 is 0 Å². The molecule has 0 saturated heterocycles. The molecule has 0 aliphatic carbocycles. The van der Waals surface area contributed by atoms with E-state index in [1.165, 1.54) is 0 Å². The van der Waals surface area contributed by atoms with E-state index in [1.54, 1.807) is 0 Å². The number of hydrogen-bond donors (Lipinski definition) is 3. The molecule has 0 heterocycles. The monoisotopic (exact) mass is 188 g/mol. The standard InChI is InChI=1S/C10H24N2O/c1-3-9(5-7-11)12-8-6-10(13)4-2/h9-10,12-13H,3-8,11H2,1-2H3. The molecule has 2 unspecified atom stereocenters. The van der Waals surface area contributed by atoms with Crippen LogP contribution in [0.1, 0.15) is 39.5 Å². The van der Waals surface area contributed by atoms with Crippen molar-refractivity contribution >= 4 is 0 Å². The first-order valence-corrected chi connectivity index (χ1v) is 5.36. The van der Waals surface area contributed by atoms with Crippen molar-refractivity contribution in [2.75, 3.05) is 13.1 Å². The second-order valence-electron chi connectivity index (χ2n) is 3.49. The molecule has 3 nitrogen and oxygen atoms in total. The number of nitrogens with two attached hydrogens (primary N) is 1. The highest BCUT2D eigenvalue weighted by Crippen LogP contribution is 1.98. The summed E-state index contributed by atoms with van der Waals surface area (Å²) < 4.78 is 0. The zero-order chi connectivity index (χ0) is 10.1. The Bertz CT molecular complexity index is 109. The van der Waals surface area contributed by atoms with Crippen LogP contribution in [0.4, 0.5) is 0 Å². The molecule has 13 heavy (non-hydrogen) atoms. The zero-order valence-electron chi connectivity index (χ0n) is 8.92. The summed E-state index contributed by atoms with van der Waals surface area (Å²) in [5, 5.41) is 12.7. The molecule has 0 spiro atoms. The van der Waals surface area contributed by atoms with Crippen molar-refractivity contribution in [3.63, 3.8) is 0 Å². The lowest BCUT2D eigenvalue weighted by atomic mass is 10.1. The number of rotatable bonds is 8. The fourth-order valence-electron chi connectivity index (χ4n) is 1.31. The van der Waals surface area contributed by atoms with Crippen LogP contribution in [-0.2, 0) is 0 Å². The SMILES string of the molecule is CCC(O)CCNC(CC)CCN. The van der Waals surface area contributed by atoms with Gasteiger partial charge in [-0.15, -0.1) is 0 Å². The van der Waals surface area contributed by atoms with Gasteiger partial charge in [-0.05, 0) is 38.8 Å². The van der Waals surface area contributed by atoms with Gasteiger partial charge in [0.15, 0.2) is 0 Å². The largest absolute Gasteiger partial charge is 0.393 e. The molecule has 0 rings (SSSR count). The third-order valence-electron chi connectivity index (χ3n) is 2.39. The summed E-state index contributed by atoms with van der Waals surface area (Å²) >= 11 is 0. The molecule has 0 fully saturated rings. The van der Waals surface area contributed by atoms with E-state index in [1.807, 2.05) is 6.92 Å². The molecule has 0 aliphatic rings. The molecule has 0 saturated carbocycles. The second-order valence-corrected chi connectivity index (χ2v) is 3.49. The fraction of sp³-hybridized carbons (Fsp3) is 1.00. The first-order chi connectivity index (χ1) is 6.24. The van der Waals surface area contributed by atoms with E-state index < -0.39 is 0 Å². The van der Waals surface area contributed by atoms with Crippen molar-refractivity contribution in [1.82, 2.24) is 5.32 Å². The van der Waals surface area contributed by atoms with Gasteiger partial charge in [-0.25, -0.2) is 0 Å². The van der Waals surface area contributed by atoms with Gasteiger partial charge < -0.3 is 16.2 Å². The molecule has 0 bridgehead atoms. The lowest BCUT2D eigenvalue weighted by Gasteiger charge is -2.16. The van der Waals surface area contributed by atoms with Crippen LogP contribution in [-0.4, -0.2) is 30.3 Å². The Morgan fingerprint density at radius 1 is 1.23 bits per heavy atom. The van der Waals surface area contributed by atoms with Crippen LogP contribution in [0, 0.1) is 0 Å². The summed E-state index contributed by atoms with van der Waals surface area (Å²) in [6, 6.07) is 0.522. The molecular weight excluding hydrogens is 164 g/mol. The van der Waals surface area contributed by atoms with Crippen LogP contribution in [0.25, 0.3) is 0 Å². The molecule has 0 aliphatic heterocycles. The first-order valence-electron chi connectivity index (χ1n) is 5.36. The van der Waals surface area contributed by atoms with Gasteiger partial charge in [0.05, 0.1) is 6.10 Å². The van der Waals surface area contributed by atoms with Crippen LogP contribution < -0.4 is 11.1 Å². The topological polar surface area (TPSA) is 58.3 Å². The predicted molar refractivity (Wildman–Crippen MR) is 56.7 cm³/mol. The first kappa shape index (κ1) is 12.9. The Hall–Kier alpha value is -0.120. The molecule has 0 amide bonds. The lowest BCUT2D eigenvalue weighted by Crippen LogP contribution is -2.32. The normalized spacial score (nSPS) is 15.7. The van der Waals surface area contributed by atoms with Gasteiger partial charge in [0.25, 0.3) is 0 Å². The highest BCUT2D eigenvalue weighted by atomic mass is 16.3. The highest BCUT2D eigenvalue weighted by molar-refractivity contribution is 4.66. The Morgan fingerprint density at radius 2 is 1.92 bits per heavy atom. The fourth-order valence-corrected chi connectivity index (χ4v) is 1.31. The van der Waals surface area contributed by atoms with Gasteiger partial charge in [0.2, 0.25) is 0 Å². The summed E-state index contributed by atoms with van der Waals surface area (Å²) in [5.74, 6) is 0. The van der Waals surface area contributed by atoms with Crippen LogP contribution in [0.5, 0.6) is 0 Å². The molecule has 2 atom stereocenters. The number of aliphatic hydroxyl groups excluding tert-OH is 1. The summed E-state index contributed by atoms with van der Waals surface area (Å²) in [7, 11) is 0. The van der Waals surface area contributed by atoms with E-state index in [9.17, 15) is 5.11 Å². The van der Waals surface area contributed by atoms with Gasteiger partial charge in [-0.1, -0.05) is 13.8 Å². The van der Waals surface area contributed by atoms with Crippen molar-refractivity contribution in [2.45, 2.75) is 51.7 Å². The van der Waals surface area contributed by atoms with Crippen LogP contribution in [0.2, 0.25) is 0 Å². The maximum Gasteiger partial charge on any atom is 0.0549 e. The van der Waals surface area contributed by atoms with E-state index in [0.717, 1.165) is 38.8 Å². The lowest BCUT2D eigenvalue weighted by molar-refractivity contribution is 0.158. The van der Waals surface area contributed by atoms with Crippen molar-refractivity contribution in [3.05, 3.63) is 0 Å². The minimum atomic E-state index is -0.150. The van der Waals surface area contributed by atoms with Gasteiger partial charge in [0, 0.05) is 6.04 Å². The Labute approximate surface area is 81.7 Å². The number of aliphatic hydroxyl groups is 1. The zero-order valence-corrected chi connectivity index (χ0v) is 8.92. The number of hydrogen-bond acceptors (Lipinski definition) is 3. The molecule has 0 aromatic carbocycles. The molecular formula is C10H24N2O. The van der Waals surface area contributed by atoms with Crippen molar-refractivity contribution in [3.8, 4) is 0 Å². The molecule has 3 heteroatoms. The quantitative estimate of drug-likeness (QED) is 0.529. The van der Waals surface area contributed by atoms with Crippen molar-refractivity contribution in [1.29, 1.82) is 0 Å². The summed E-state index contributed by atoms with van der Waals surface area (Å²) in [5.41, 5.74) is 5.47.